The summed E-state index contributed by atoms with van der Waals surface area (Å²) in [6, 6.07) is 6.99. The number of benzene rings is 1. The van der Waals surface area contributed by atoms with Crippen LogP contribution in [0.15, 0.2) is 22.7 Å². The Morgan fingerprint density at radius 3 is 2.76 bits per heavy atom. The van der Waals surface area contributed by atoms with Gasteiger partial charge in [0.25, 0.3) is 0 Å². The standard InChI is InChI=1S/C12H9ClN2O2/c1-7-3-11(16-2)9(5-10(7)13)12-4-8(6-14)15-17-12/h3-5H,1-2H3. The van der Waals surface area contributed by atoms with Crippen LogP contribution >= 0.6 is 11.6 Å². The molecular weight excluding hydrogens is 240 g/mol. The number of nitrogens with zero attached hydrogens (tertiary/aromatic N) is 2. The topological polar surface area (TPSA) is 59.0 Å². The number of halogens is 1. The first-order valence-electron chi connectivity index (χ1n) is 4.87. The van der Waals surface area contributed by atoms with E-state index in [9.17, 15) is 0 Å². The van der Waals surface area contributed by atoms with Gasteiger partial charge >= 0.3 is 0 Å². The number of aromatic nitrogens is 1. The molecule has 17 heavy (non-hydrogen) atoms. The maximum Gasteiger partial charge on any atom is 0.184 e. The second-order valence-electron chi connectivity index (χ2n) is 3.49. The average Bonchev–Trinajstić information content (AvgIpc) is 2.80. The Morgan fingerprint density at radius 2 is 2.18 bits per heavy atom. The zero-order chi connectivity index (χ0) is 12.4. The fraction of sp³-hybridized carbons (Fsp3) is 0.167. The summed E-state index contributed by atoms with van der Waals surface area (Å²) in [7, 11) is 1.56. The number of ether oxygens (including phenoxy) is 1. The zero-order valence-electron chi connectivity index (χ0n) is 9.32. The van der Waals surface area contributed by atoms with Crippen molar-refractivity contribution in [2.75, 3.05) is 7.11 Å². The van der Waals surface area contributed by atoms with Crippen LogP contribution in [0.25, 0.3) is 11.3 Å². The second-order valence-corrected chi connectivity index (χ2v) is 3.90. The van der Waals surface area contributed by atoms with E-state index in [0.29, 0.717) is 22.1 Å². The summed E-state index contributed by atoms with van der Waals surface area (Å²) in [6.45, 7) is 1.88. The van der Waals surface area contributed by atoms with Crippen LogP contribution < -0.4 is 4.74 Å². The van der Waals surface area contributed by atoms with Gasteiger partial charge in [-0.25, -0.2) is 0 Å². The van der Waals surface area contributed by atoms with Crippen molar-refractivity contribution in [3.63, 3.8) is 0 Å². The number of nitriles is 1. The van der Waals surface area contributed by atoms with Gasteiger partial charge in [-0.2, -0.15) is 5.26 Å². The van der Waals surface area contributed by atoms with Gasteiger partial charge in [-0.05, 0) is 24.6 Å². The van der Waals surface area contributed by atoms with E-state index in [1.54, 1.807) is 19.2 Å². The van der Waals surface area contributed by atoms with Crippen molar-refractivity contribution in [3.8, 4) is 23.1 Å². The maximum absolute atomic E-state index is 8.69. The van der Waals surface area contributed by atoms with Crippen molar-refractivity contribution in [1.82, 2.24) is 5.16 Å². The average molecular weight is 249 g/mol. The zero-order valence-corrected chi connectivity index (χ0v) is 10.1. The lowest BCUT2D eigenvalue weighted by atomic mass is 10.1. The summed E-state index contributed by atoms with van der Waals surface area (Å²) < 4.78 is 10.3. The molecule has 1 heterocycles. The van der Waals surface area contributed by atoms with Crippen LogP contribution in [0.1, 0.15) is 11.3 Å². The fourth-order valence-corrected chi connectivity index (χ4v) is 1.63. The minimum atomic E-state index is 0.221. The minimum Gasteiger partial charge on any atom is -0.496 e. The number of rotatable bonds is 2. The predicted molar refractivity (Wildman–Crippen MR) is 63.0 cm³/mol. The van der Waals surface area contributed by atoms with Crippen molar-refractivity contribution in [2.24, 2.45) is 0 Å². The van der Waals surface area contributed by atoms with Crippen LogP contribution in [0.3, 0.4) is 0 Å². The predicted octanol–water partition coefficient (Wildman–Crippen LogP) is 3.18. The Morgan fingerprint density at radius 1 is 1.41 bits per heavy atom. The van der Waals surface area contributed by atoms with Gasteiger partial charge in [0.15, 0.2) is 11.5 Å². The fourth-order valence-electron chi connectivity index (χ4n) is 1.47. The molecule has 0 amide bonds. The number of aryl methyl sites for hydroxylation is 1. The van der Waals surface area contributed by atoms with E-state index >= 15 is 0 Å². The van der Waals surface area contributed by atoms with Crippen molar-refractivity contribution >= 4 is 11.6 Å². The van der Waals surface area contributed by atoms with Crippen LogP contribution in [-0.4, -0.2) is 12.3 Å². The van der Waals surface area contributed by atoms with E-state index in [1.807, 2.05) is 19.1 Å². The molecule has 0 unspecified atom stereocenters. The Hall–Kier alpha value is -1.99. The lowest BCUT2D eigenvalue weighted by molar-refractivity contribution is 0.405. The van der Waals surface area contributed by atoms with Gasteiger partial charge in [-0.15, -0.1) is 0 Å². The normalized spacial score (nSPS) is 10.0. The largest absolute Gasteiger partial charge is 0.496 e. The van der Waals surface area contributed by atoms with Crippen LogP contribution in [0.4, 0.5) is 0 Å². The van der Waals surface area contributed by atoms with E-state index in [2.05, 4.69) is 5.16 Å². The molecule has 0 N–H and O–H groups in total. The van der Waals surface area contributed by atoms with E-state index in [0.717, 1.165) is 5.56 Å². The first-order valence-corrected chi connectivity index (χ1v) is 5.25. The second kappa shape index (κ2) is 4.48. The molecule has 0 saturated heterocycles. The lowest BCUT2D eigenvalue weighted by Gasteiger charge is -2.08. The third kappa shape index (κ3) is 2.10. The summed E-state index contributed by atoms with van der Waals surface area (Å²) in [4.78, 5) is 0. The molecule has 2 aromatic rings. The summed E-state index contributed by atoms with van der Waals surface area (Å²) in [5, 5.41) is 12.9. The number of hydrogen-bond donors (Lipinski definition) is 0. The Balaban J connectivity index is 2.58. The summed E-state index contributed by atoms with van der Waals surface area (Å²) in [5.74, 6) is 1.09. The Bertz CT molecular complexity index is 599. The molecule has 4 nitrogen and oxygen atoms in total. The van der Waals surface area contributed by atoms with Gasteiger partial charge in [0.2, 0.25) is 0 Å². The van der Waals surface area contributed by atoms with Gasteiger partial charge in [0, 0.05) is 11.1 Å². The molecule has 0 atom stereocenters. The van der Waals surface area contributed by atoms with Crippen LogP contribution in [0.5, 0.6) is 5.75 Å². The van der Waals surface area contributed by atoms with Crippen molar-refractivity contribution in [1.29, 1.82) is 5.26 Å². The minimum absolute atomic E-state index is 0.221. The molecule has 0 radical (unpaired) electrons. The van der Waals surface area contributed by atoms with Gasteiger partial charge < -0.3 is 9.26 Å². The molecule has 0 aliphatic carbocycles. The third-order valence-electron chi connectivity index (χ3n) is 2.37. The van der Waals surface area contributed by atoms with Crippen LogP contribution in [0.2, 0.25) is 5.02 Å². The maximum atomic E-state index is 8.69. The smallest absolute Gasteiger partial charge is 0.184 e. The monoisotopic (exact) mass is 248 g/mol. The molecule has 0 bridgehead atoms. The molecule has 5 heteroatoms. The molecule has 0 aliphatic rings. The van der Waals surface area contributed by atoms with E-state index in [-0.39, 0.29) is 5.69 Å². The van der Waals surface area contributed by atoms with Gasteiger partial charge in [-0.1, -0.05) is 16.8 Å². The number of hydrogen-bond acceptors (Lipinski definition) is 4. The highest BCUT2D eigenvalue weighted by molar-refractivity contribution is 6.31. The summed E-state index contributed by atoms with van der Waals surface area (Å²) in [5.41, 5.74) is 1.81. The Labute approximate surface area is 103 Å². The van der Waals surface area contributed by atoms with E-state index in [4.69, 9.17) is 26.1 Å². The molecule has 1 aromatic heterocycles. The molecule has 0 spiro atoms. The Kier molecular flexibility index (Phi) is 3.03. The van der Waals surface area contributed by atoms with Crippen LogP contribution in [-0.2, 0) is 0 Å². The first-order chi connectivity index (χ1) is 8.15. The van der Waals surface area contributed by atoms with Gasteiger partial charge in [-0.3, -0.25) is 0 Å². The molecule has 86 valence electrons. The van der Waals surface area contributed by atoms with E-state index in [1.165, 1.54) is 0 Å². The third-order valence-corrected chi connectivity index (χ3v) is 2.78. The highest BCUT2D eigenvalue weighted by atomic mass is 35.5. The summed E-state index contributed by atoms with van der Waals surface area (Å²) >= 11 is 6.05. The molecular formula is C12H9ClN2O2. The van der Waals surface area contributed by atoms with Crippen molar-refractivity contribution < 1.29 is 9.26 Å². The SMILES string of the molecule is COc1cc(C)c(Cl)cc1-c1cc(C#N)no1. The quantitative estimate of drug-likeness (QED) is 0.819. The molecule has 2 rings (SSSR count). The van der Waals surface area contributed by atoms with Gasteiger partial charge in [0.05, 0.1) is 12.7 Å². The highest BCUT2D eigenvalue weighted by Gasteiger charge is 2.14. The van der Waals surface area contributed by atoms with Crippen LogP contribution in [0, 0.1) is 18.3 Å². The molecule has 0 saturated carbocycles. The van der Waals surface area contributed by atoms with Crippen molar-refractivity contribution in [3.05, 3.63) is 34.5 Å². The lowest BCUT2D eigenvalue weighted by Crippen LogP contribution is -1.89. The van der Waals surface area contributed by atoms with Gasteiger partial charge in [0.1, 0.15) is 11.8 Å². The van der Waals surface area contributed by atoms with Crippen molar-refractivity contribution in [2.45, 2.75) is 6.92 Å². The molecule has 1 aromatic carbocycles. The molecule has 0 aliphatic heterocycles. The first kappa shape index (κ1) is 11.5. The number of methoxy groups -OCH3 is 1. The summed E-state index contributed by atoms with van der Waals surface area (Å²) in [6.07, 6.45) is 0. The highest BCUT2D eigenvalue weighted by Crippen LogP contribution is 2.34. The molecule has 0 fully saturated rings. The van der Waals surface area contributed by atoms with E-state index < -0.39 is 0 Å².